The van der Waals surface area contributed by atoms with Gasteiger partial charge >= 0.3 is 0 Å². The SMILES string of the molecule is C[Si](C)(C)c1ccc(-c2[c-]cccc2)nc1.[2H]C(C)(C)c1ccnc(-c2[c-]c3oc4ccccc4c3c3c2oc2cc(C)ccc23)c1.[Ir]. The summed E-state index contributed by atoms with van der Waals surface area (Å²) in [6.07, 6.45) is 3.76. The van der Waals surface area contributed by atoms with Crippen molar-refractivity contribution in [3.05, 3.63) is 127 Å². The number of pyridine rings is 2. The second-order valence-electron chi connectivity index (χ2n) is 13.0. The van der Waals surface area contributed by atoms with Crippen molar-refractivity contribution in [3.63, 3.8) is 0 Å². The third-order valence-corrected chi connectivity index (χ3v) is 10.4. The number of benzene rings is 4. The maximum Gasteiger partial charge on any atom is 0.123 e. The summed E-state index contributed by atoms with van der Waals surface area (Å²) >= 11 is 0. The van der Waals surface area contributed by atoms with Crippen LogP contribution in [0.4, 0.5) is 0 Å². The molecule has 4 heterocycles. The fraction of sp³-hybridized carbons (Fsp3) is 0.171. The summed E-state index contributed by atoms with van der Waals surface area (Å²) in [7, 11) is -1.23. The number of rotatable bonds is 4. The average Bonchev–Trinajstić information content (AvgIpc) is 3.62. The van der Waals surface area contributed by atoms with E-state index in [1.165, 1.54) is 5.19 Å². The minimum atomic E-state index is -1.23. The van der Waals surface area contributed by atoms with Crippen molar-refractivity contribution in [3.8, 4) is 22.5 Å². The summed E-state index contributed by atoms with van der Waals surface area (Å²) in [5, 5.41) is 5.51. The van der Waals surface area contributed by atoms with Crippen LogP contribution < -0.4 is 5.19 Å². The molecule has 237 valence electrons. The maximum atomic E-state index is 8.43. The monoisotopic (exact) mass is 810 g/mol. The van der Waals surface area contributed by atoms with Gasteiger partial charge in [-0.2, -0.15) is 0 Å². The number of para-hydroxylation sites is 1. The van der Waals surface area contributed by atoms with E-state index in [1.54, 1.807) is 6.20 Å². The first-order chi connectivity index (χ1) is 22.5. The Morgan fingerprint density at radius 1 is 0.787 bits per heavy atom. The normalized spacial score (nSPS) is 12.2. The molecular weight excluding hydrogens is 773 g/mol. The molecule has 0 saturated heterocycles. The molecule has 0 aliphatic carbocycles. The smallest absolute Gasteiger partial charge is 0.123 e. The summed E-state index contributed by atoms with van der Waals surface area (Å²) in [6.45, 7) is 12.8. The molecule has 8 aromatic rings. The number of nitrogens with zero attached hydrogens (tertiary/aromatic N) is 2. The van der Waals surface area contributed by atoms with E-state index in [4.69, 9.17) is 10.2 Å². The van der Waals surface area contributed by atoms with Gasteiger partial charge in [-0.1, -0.05) is 99.2 Å². The minimum Gasteiger partial charge on any atom is -0.501 e. The van der Waals surface area contributed by atoms with E-state index >= 15 is 0 Å². The van der Waals surface area contributed by atoms with Crippen molar-refractivity contribution < 1.29 is 30.3 Å². The Morgan fingerprint density at radius 2 is 1.57 bits per heavy atom. The van der Waals surface area contributed by atoms with Crippen LogP contribution in [-0.4, -0.2) is 18.0 Å². The molecule has 0 aliphatic heterocycles. The molecule has 4 aromatic carbocycles. The molecule has 6 heteroatoms. The number of furan rings is 2. The first kappa shape index (κ1) is 31.3. The Labute approximate surface area is 291 Å². The Balaban J connectivity index is 0.000000201. The third-order valence-electron chi connectivity index (χ3n) is 8.36. The number of hydrogen-bond acceptors (Lipinski definition) is 4. The molecule has 0 atom stereocenters. The predicted molar refractivity (Wildman–Crippen MR) is 193 cm³/mol. The molecule has 4 aromatic heterocycles. The molecule has 0 N–H and O–H groups in total. The molecule has 0 fully saturated rings. The summed E-state index contributed by atoms with van der Waals surface area (Å²) in [6, 6.07) is 37.0. The quantitative estimate of drug-likeness (QED) is 0.131. The van der Waals surface area contributed by atoms with Crippen molar-refractivity contribution >= 4 is 57.1 Å². The van der Waals surface area contributed by atoms with Crippen molar-refractivity contribution in [2.75, 3.05) is 0 Å². The first-order valence-electron chi connectivity index (χ1n) is 16.1. The molecule has 0 unspecified atom stereocenters. The Morgan fingerprint density at radius 3 is 2.30 bits per heavy atom. The van der Waals surface area contributed by atoms with Crippen LogP contribution in [0.1, 0.15) is 32.2 Å². The fourth-order valence-corrected chi connectivity index (χ4v) is 6.82. The van der Waals surface area contributed by atoms with Gasteiger partial charge in [0, 0.05) is 39.3 Å². The summed E-state index contributed by atoms with van der Waals surface area (Å²) in [5.41, 5.74) is 8.64. The van der Waals surface area contributed by atoms with Crippen LogP contribution in [0.3, 0.4) is 0 Å². The van der Waals surface area contributed by atoms with Crippen LogP contribution in [0, 0.1) is 19.1 Å². The van der Waals surface area contributed by atoms with Gasteiger partial charge in [0.25, 0.3) is 0 Å². The standard InChI is InChI=1S/C27H20NO2.C14H16NSi.Ir/c1-15(2)17-10-11-28-21(13-17)20-14-24-25(18-6-4-5-7-22(18)29-24)26-19-9-8-16(3)12-23(19)30-27(20)26;1-16(2,3)13-9-10-14(15-11-13)12-7-5-4-6-8-12;/h4-13,15H,1-3H3;4-7,9-11H,1-3H3;/q2*-1;/i15D;;. The number of aryl methyl sites for hydroxylation is 1. The van der Waals surface area contributed by atoms with Crippen LogP contribution in [0.5, 0.6) is 0 Å². The second kappa shape index (κ2) is 13.0. The zero-order chi connectivity index (χ0) is 32.9. The van der Waals surface area contributed by atoms with E-state index in [2.05, 4.69) is 85.1 Å². The minimum absolute atomic E-state index is 0. The number of fused-ring (bicyclic) bond motifs is 7. The number of hydrogen-bond donors (Lipinski definition) is 0. The van der Waals surface area contributed by atoms with Crippen LogP contribution >= 0.6 is 0 Å². The van der Waals surface area contributed by atoms with Gasteiger partial charge in [0.2, 0.25) is 0 Å². The molecule has 4 nitrogen and oxygen atoms in total. The van der Waals surface area contributed by atoms with E-state index in [-0.39, 0.29) is 20.1 Å². The zero-order valence-corrected chi connectivity index (χ0v) is 30.8. The third kappa shape index (κ3) is 6.34. The van der Waals surface area contributed by atoms with Crippen molar-refractivity contribution in [1.29, 1.82) is 0 Å². The van der Waals surface area contributed by atoms with E-state index < -0.39 is 14.0 Å². The summed E-state index contributed by atoms with van der Waals surface area (Å²) in [5.74, 6) is -0.731. The van der Waals surface area contributed by atoms with Gasteiger partial charge in [-0.3, -0.25) is 0 Å². The van der Waals surface area contributed by atoms with Crippen LogP contribution in [0.2, 0.25) is 19.6 Å². The van der Waals surface area contributed by atoms with Gasteiger partial charge in [-0.25, -0.2) is 0 Å². The molecule has 0 amide bonds. The second-order valence-corrected chi connectivity index (χ2v) is 18.1. The van der Waals surface area contributed by atoms with Crippen LogP contribution in [0.15, 0.2) is 112 Å². The Kier molecular flexibility index (Phi) is 8.67. The van der Waals surface area contributed by atoms with E-state index in [0.29, 0.717) is 5.58 Å². The molecule has 0 saturated carbocycles. The van der Waals surface area contributed by atoms with Gasteiger partial charge in [-0.05, 0) is 69.3 Å². The van der Waals surface area contributed by atoms with Gasteiger partial charge in [0.1, 0.15) is 11.2 Å². The molecule has 8 rings (SSSR count). The molecule has 0 bridgehead atoms. The van der Waals surface area contributed by atoms with Crippen LogP contribution in [0.25, 0.3) is 66.4 Å². The Bertz CT molecular complexity index is 2390. The van der Waals surface area contributed by atoms with Crippen molar-refractivity contribution in [2.24, 2.45) is 0 Å². The largest absolute Gasteiger partial charge is 0.501 e. The summed E-state index contributed by atoms with van der Waals surface area (Å²) < 4.78 is 21.0. The predicted octanol–water partition coefficient (Wildman–Crippen LogP) is 10.9. The maximum absolute atomic E-state index is 8.43. The van der Waals surface area contributed by atoms with Gasteiger partial charge in [-0.15, -0.1) is 35.9 Å². The van der Waals surface area contributed by atoms with Crippen LogP contribution in [-0.2, 0) is 20.1 Å². The van der Waals surface area contributed by atoms with Crippen molar-refractivity contribution in [1.82, 2.24) is 9.97 Å². The molecule has 0 spiro atoms. The van der Waals surface area contributed by atoms with Gasteiger partial charge in [0.15, 0.2) is 0 Å². The topological polar surface area (TPSA) is 52.1 Å². The molecule has 0 aliphatic rings. The van der Waals surface area contributed by atoms with E-state index in [0.717, 1.165) is 71.9 Å². The van der Waals surface area contributed by atoms with Crippen molar-refractivity contribution in [2.45, 2.75) is 46.3 Å². The zero-order valence-electron chi connectivity index (χ0n) is 28.4. The number of aromatic nitrogens is 2. The Hall–Kier alpha value is -4.35. The first-order valence-corrected chi connectivity index (χ1v) is 19.1. The van der Waals surface area contributed by atoms with E-state index in [1.807, 2.05) is 74.6 Å². The fourth-order valence-electron chi connectivity index (χ4n) is 5.79. The molecular formula is C41H36IrN2O2Si-2. The molecule has 47 heavy (non-hydrogen) atoms. The van der Waals surface area contributed by atoms with Gasteiger partial charge in [0.05, 0.1) is 19.2 Å². The molecule has 1 radical (unpaired) electrons. The van der Waals surface area contributed by atoms with Gasteiger partial charge < -0.3 is 18.8 Å². The van der Waals surface area contributed by atoms with E-state index in [9.17, 15) is 0 Å². The summed E-state index contributed by atoms with van der Waals surface area (Å²) in [4.78, 5) is 9.12. The average molecular weight is 810 g/mol.